The van der Waals surface area contributed by atoms with Gasteiger partial charge in [0.25, 0.3) is 0 Å². The average Bonchev–Trinajstić information content (AvgIpc) is 2.57. The summed E-state index contributed by atoms with van der Waals surface area (Å²) in [5, 5.41) is 4.79. The van der Waals surface area contributed by atoms with Crippen LogP contribution in [-0.2, 0) is 0 Å². The third-order valence-electron chi connectivity index (χ3n) is 3.55. The Kier molecular flexibility index (Phi) is 4.80. The fourth-order valence-corrected chi connectivity index (χ4v) is 4.30. The van der Waals surface area contributed by atoms with E-state index in [0.29, 0.717) is 5.41 Å². The second-order valence-electron chi connectivity index (χ2n) is 7.38. The van der Waals surface area contributed by atoms with Gasteiger partial charge >= 0.3 is 0 Å². The Labute approximate surface area is 117 Å². The van der Waals surface area contributed by atoms with Crippen LogP contribution in [0.3, 0.4) is 0 Å². The van der Waals surface area contributed by atoms with Crippen molar-refractivity contribution in [1.82, 2.24) is 5.32 Å². The van der Waals surface area contributed by atoms with Crippen LogP contribution in [0.5, 0.6) is 0 Å². The lowest BCUT2D eigenvalue weighted by Crippen LogP contribution is -2.44. The summed E-state index contributed by atoms with van der Waals surface area (Å²) in [6, 6.07) is 0. The van der Waals surface area contributed by atoms with Gasteiger partial charge in [0.2, 0.25) is 0 Å². The number of nitrogens with one attached hydrogen (secondary N) is 1. The van der Waals surface area contributed by atoms with Crippen LogP contribution in [-0.4, -0.2) is 22.0 Å². The third kappa shape index (κ3) is 4.49. The van der Waals surface area contributed by atoms with Crippen LogP contribution in [0.1, 0.15) is 67.7 Å². The minimum atomic E-state index is 0.113. The minimum absolute atomic E-state index is 0.113. The standard InChI is InChI=1S/C15H30N2S/c1-8-15(9-2)11-18-12(17-15)16-14(6,7)10-13(3,4)5/h8-11H2,1-7H3,(H,16,17). The van der Waals surface area contributed by atoms with E-state index in [1.165, 1.54) is 0 Å². The highest BCUT2D eigenvalue weighted by molar-refractivity contribution is 8.14. The van der Waals surface area contributed by atoms with Gasteiger partial charge in [-0.2, -0.15) is 0 Å². The van der Waals surface area contributed by atoms with Crippen molar-refractivity contribution in [1.29, 1.82) is 0 Å². The second kappa shape index (κ2) is 5.44. The molecule has 0 aromatic rings. The van der Waals surface area contributed by atoms with E-state index >= 15 is 0 Å². The van der Waals surface area contributed by atoms with Gasteiger partial charge in [0.15, 0.2) is 5.17 Å². The van der Waals surface area contributed by atoms with Crippen molar-refractivity contribution < 1.29 is 0 Å². The average molecular weight is 270 g/mol. The molecular formula is C15H30N2S. The molecule has 1 aliphatic rings. The van der Waals surface area contributed by atoms with Crippen molar-refractivity contribution in [2.75, 3.05) is 5.75 Å². The smallest absolute Gasteiger partial charge is 0.157 e. The lowest BCUT2D eigenvalue weighted by molar-refractivity contribution is 0.267. The van der Waals surface area contributed by atoms with Crippen molar-refractivity contribution >= 4 is 16.9 Å². The van der Waals surface area contributed by atoms with Crippen LogP contribution >= 0.6 is 11.8 Å². The largest absolute Gasteiger partial charge is 0.360 e. The minimum Gasteiger partial charge on any atom is -0.360 e. The molecule has 1 N–H and O–H groups in total. The molecule has 0 atom stereocenters. The molecule has 18 heavy (non-hydrogen) atoms. The molecule has 2 nitrogen and oxygen atoms in total. The first-order valence-corrected chi connectivity index (χ1v) is 8.11. The van der Waals surface area contributed by atoms with Crippen molar-refractivity contribution in [3.05, 3.63) is 0 Å². The number of amidine groups is 1. The molecule has 0 aliphatic carbocycles. The lowest BCUT2D eigenvalue weighted by atomic mass is 9.82. The summed E-state index contributed by atoms with van der Waals surface area (Å²) in [7, 11) is 0. The Morgan fingerprint density at radius 1 is 1.17 bits per heavy atom. The first-order chi connectivity index (χ1) is 8.11. The summed E-state index contributed by atoms with van der Waals surface area (Å²) in [5.74, 6) is 1.13. The predicted molar refractivity (Wildman–Crippen MR) is 84.5 cm³/mol. The monoisotopic (exact) mass is 270 g/mol. The molecule has 0 saturated heterocycles. The molecule has 0 spiro atoms. The van der Waals surface area contributed by atoms with Gasteiger partial charge in [-0.3, -0.25) is 4.99 Å². The van der Waals surface area contributed by atoms with E-state index in [-0.39, 0.29) is 11.1 Å². The van der Waals surface area contributed by atoms with Crippen LogP contribution in [0.4, 0.5) is 0 Å². The van der Waals surface area contributed by atoms with Crippen molar-refractivity contribution in [3.63, 3.8) is 0 Å². The molecule has 0 bridgehead atoms. The van der Waals surface area contributed by atoms with Gasteiger partial charge in [-0.25, -0.2) is 0 Å². The predicted octanol–water partition coefficient (Wildman–Crippen LogP) is 4.45. The molecular weight excluding hydrogens is 240 g/mol. The lowest BCUT2D eigenvalue weighted by Gasteiger charge is -2.33. The van der Waals surface area contributed by atoms with Crippen LogP contribution in [0, 0.1) is 5.41 Å². The molecule has 0 saturated carbocycles. The Balaban J connectivity index is 2.69. The van der Waals surface area contributed by atoms with Gasteiger partial charge < -0.3 is 5.32 Å². The first kappa shape index (κ1) is 15.9. The zero-order chi connectivity index (χ0) is 14.0. The quantitative estimate of drug-likeness (QED) is 0.816. The molecule has 0 amide bonds. The second-order valence-corrected chi connectivity index (χ2v) is 8.35. The molecule has 106 valence electrons. The molecule has 0 unspecified atom stereocenters. The van der Waals surface area contributed by atoms with Crippen molar-refractivity contribution in [2.45, 2.75) is 78.8 Å². The number of hydrogen-bond donors (Lipinski definition) is 1. The van der Waals surface area contributed by atoms with E-state index in [1.54, 1.807) is 0 Å². The van der Waals surface area contributed by atoms with E-state index < -0.39 is 0 Å². The molecule has 0 aromatic heterocycles. The molecule has 0 radical (unpaired) electrons. The molecule has 0 aromatic carbocycles. The maximum atomic E-state index is 4.94. The van der Waals surface area contributed by atoms with Gasteiger partial charge in [-0.15, -0.1) is 0 Å². The van der Waals surface area contributed by atoms with Gasteiger partial charge in [0.05, 0.1) is 5.54 Å². The Morgan fingerprint density at radius 3 is 2.11 bits per heavy atom. The van der Waals surface area contributed by atoms with Gasteiger partial charge in [0.1, 0.15) is 0 Å². The SMILES string of the molecule is CCC1(CC)CSC(NC(C)(C)CC(C)(C)C)=N1. The topological polar surface area (TPSA) is 24.4 Å². The van der Waals surface area contributed by atoms with E-state index in [4.69, 9.17) is 4.99 Å². The Hall–Kier alpha value is -0.180. The van der Waals surface area contributed by atoms with Crippen LogP contribution in [0.2, 0.25) is 0 Å². The Morgan fingerprint density at radius 2 is 1.72 bits per heavy atom. The number of aliphatic imine (C=N–C) groups is 1. The van der Waals surface area contributed by atoms with Crippen molar-refractivity contribution in [3.8, 4) is 0 Å². The highest BCUT2D eigenvalue weighted by Crippen LogP contribution is 2.34. The third-order valence-corrected chi connectivity index (χ3v) is 4.70. The maximum Gasteiger partial charge on any atom is 0.157 e. The van der Waals surface area contributed by atoms with Crippen molar-refractivity contribution in [2.24, 2.45) is 10.4 Å². The maximum absolute atomic E-state index is 4.94. The van der Waals surface area contributed by atoms with Crippen LogP contribution in [0.25, 0.3) is 0 Å². The highest BCUT2D eigenvalue weighted by atomic mass is 32.2. The van der Waals surface area contributed by atoms with Crippen LogP contribution < -0.4 is 5.32 Å². The van der Waals surface area contributed by atoms with E-state index in [9.17, 15) is 0 Å². The van der Waals surface area contributed by atoms with Gasteiger partial charge in [0, 0.05) is 11.3 Å². The number of nitrogens with zero attached hydrogens (tertiary/aromatic N) is 1. The van der Waals surface area contributed by atoms with E-state index in [2.05, 4.69) is 53.8 Å². The van der Waals surface area contributed by atoms with Crippen LogP contribution in [0.15, 0.2) is 4.99 Å². The normalized spacial score (nSPS) is 19.8. The summed E-state index contributed by atoms with van der Waals surface area (Å²) in [6.07, 6.45) is 3.42. The zero-order valence-electron chi connectivity index (χ0n) is 13.2. The van der Waals surface area contributed by atoms with E-state index in [0.717, 1.165) is 30.2 Å². The Bertz CT molecular complexity index is 309. The molecule has 1 rings (SSSR count). The number of hydrogen-bond acceptors (Lipinski definition) is 3. The number of thioether (sulfide) groups is 1. The van der Waals surface area contributed by atoms with Gasteiger partial charge in [-0.05, 0) is 38.5 Å². The summed E-state index contributed by atoms with van der Waals surface area (Å²) in [4.78, 5) is 4.94. The number of rotatable bonds is 4. The fourth-order valence-electron chi connectivity index (χ4n) is 2.82. The van der Waals surface area contributed by atoms with Gasteiger partial charge in [-0.1, -0.05) is 46.4 Å². The fraction of sp³-hybridized carbons (Fsp3) is 0.933. The molecule has 3 heteroatoms. The first-order valence-electron chi connectivity index (χ1n) is 7.12. The van der Waals surface area contributed by atoms with E-state index in [1.807, 2.05) is 11.8 Å². The zero-order valence-corrected chi connectivity index (χ0v) is 14.0. The molecule has 1 aliphatic heterocycles. The summed E-state index contributed by atoms with van der Waals surface area (Å²) < 4.78 is 0. The highest BCUT2D eigenvalue weighted by Gasteiger charge is 2.34. The summed E-state index contributed by atoms with van der Waals surface area (Å²) in [5.41, 5.74) is 0.638. The summed E-state index contributed by atoms with van der Waals surface area (Å²) in [6.45, 7) is 15.9. The molecule has 0 fully saturated rings. The molecule has 1 heterocycles. The summed E-state index contributed by atoms with van der Waals surface area (Å²) >= 11 is 1.89.